The molecule has 4 rings (SSSR count). The van der Waals surface area contributed by atoms with Gasteiger partial charge >= 0.3 is 0 Å². The maximum absolute atomic E-state index is 13.6. The summed E-state index contributed by atoms with van der Waals surface area (Å²) >= 11 is 0. The highest BCUT2D eigenvalue weighted by Gasteiger charge is 2.31. The molecule has 1 amide bonds. The van der Waals surface area contributed by atoms with E-state index in [4.69, 9.17) is 9.47 Å². The summed E-state index contributed by atoms with van der Waals surface area (Å²) < 4.78 is 11.9. The second-order valence-corrected chi connectivity index (χ2v) is 9.67. The number of ether oxygens (including phenoxy) is 2. The predicted molar refractivity (Wildman–Crippen MR) is 125 cm³/mol. The molecule has 1 aliphatic carbocycles. The van der Waals surface area contributed by atoms with Gasteiger partial charge in [-0.2, -0.15) is 0 Å². The van der Waals surface area contributed by atoms with Crippen molar-refractivity contribution >= 4 is 5.91 Å². The van der Waals surface area contributed by atoms with E-state index in [0.29, 0.717) is 17.1 Å². The van der Waals surface area contributed by atoms with E-state index in [1.807, 2.05) is 23.1 Å². The molecule has 2 heterocycles. The predicted octanol–water partition coefficient (Wildman–Crippen LogP) is 4.25. The number of amides is 1. The molecule has 2 aliphatic heterocycles. The first-order valence-electron chi connectivity index (χ1n) is 12.7. The van der Waals surface area contributed by atoms with Crippen LogP contribution in [0, 0.1) is 0 Å². The minimum absolute atomic E-state index is 0.0323. The Kier molecular flexibility index (Phi) is 8.31. The van der Waals surface area contributed by atoms with Crippen molar-refractivity contribution in [3.63, 3.8) is 0 Å². The van der Waals surface area contributed by atoms with Crippen LogP contribution in [0.15, 0.2) is 18.2 Å². The molecule has 1 N–H and O–H groups in total. The molecule has 3 aliphatic rings. The third-order valence-corrected chi connectivity index (χ3v) is 7.61. The van der Waals surface area contributed by atoms with E-state index in [-0.39, 0.29) is 24.7 Å². The highest BCUT2D eigenvalue weighted by Crippen LogP contribution is 2.32. The minimum atomic E-state index is 0.0323. The van der Waals surface area contributed by atoms with Crippen molar-refractivity contribution in [1.82, 2.24) is 9.80 Å². The van der Waals surface area contributed by atoms with Crippen LogP contribution in [0.5, 0.6) is 11.5 Å². The quantitative estimate of drug-likeness (QED) is 0.650. The van der Waals surface area contributed by atoms with E-state index in [1.165, 1.54) is 25.7 Å². The van der Waals surface area contributed by atoms with Crippen molar-refractivity contribution in [1.29, 1.82) is 0 Å². The maximum atomic E-state index is 13.6. The number of benzene rings is 1. The van der Waals surface area contributed by atoms with Gasteiger partial charge in [0.2, 0.25) is 0 Å². The zero-order valence-corrected chi connectivity index (χ0v) is 19.6. The van der Waals surface area contributed by atoms with Gasteiger partial charge in [-0.25, -0.2) is 0 Å². The fraction of sp³-hybridized carbons (Fsp3) is 0.731. The highest BCUT2D eigenvalue weighted by atomic mass is 16.5. The number of nitrogens with zero attached hydrogens (tertiary/aromatic N) is 2. The molecule has 0 spiro atoms. The van der Waals surface area contributed by atoms with E-state index >= 15 is 0 Å². The van der Waals surface area contributed by atoms with Gasteiger partial charge in [0.05, 0.1) is 12.7 Å². The lowest BCUT2D eigenvalue weighted by Crippen LogP contribution is -2.44. The van der Waals surface area contributed by atoms with Gasteiger partial charge in [-0.05, 0) is 76.0 Å². The molecule has 32 heavy (non-hydrogen) atoms. The number of aliphatic hydroxyl groups excluding tert-OH is 1. The second-order valence-electron chi connectivity index (χ2n) is 9.67. The van der Waals surface area contributed by atoms with Crippen molar-refractivity contribution in [2.75, 3.05) is 33.4 Å². The molecule has 0 bridgehead atoms. The monoisotopic (exact) mass is 444 g/mol. The van der Waals surface area contributed by atoms with Crippen molar-refractivity contribution in [2.24, 2.45) is 0 Å². The van der Waals surface area contributed by atoms with Crippen molar-refractivity contribution in [2.45, 2.75) is 88.8 Å². The molecule has 1 atom stereocenters. The molecule has 6 nitrogen and oxygen atoms in total. The number of carbonyl (C=O) groups is 1. The smallest absolute Gasteiger partial charge is 0.258 e. The Hall–Kier alpha value is -1.79. The first-order chi connectivity index (χ1) is 15.7. The fourth-order valence-corrected chi connectivity index (χ4v) is 5.76. The molecule has 0 aromatic heterocycles. The average molecular weight is 445 g/mol. The average Bonchev–Trinajstić information content (AvgIpc) is 3.38. The van der Waals surface area contributed by atoms with Crippen LogP contribution in [-0.2, 0) is 0 Å². The van der Waals surface area contributed by atoms with Crippen molar-refractivity contribution in [3.05, 3.63) is 23.8 Å². The molecular weight excluding hydrogens is 404 g/mol. The summed E-state index contributed by atoms with van der Waals surface area (Å²) in [7, 11) is 1.63. The van der Waals surface area contributed by atoms with E-state index in [0.717, 1.165) is 70.6 Å². The Morgan fingerprint density at radius 2 is 1.78 bits per heavy atom. The summed E-state index contributed by atoms with van der Waals surface area (Å²) in [6, 6.07) is 6.59. The number of piperidine rings is 2. The minimum Gasteiger partial charge on any atom is -0.497 e. The first-order valence-corrected chi connectivity index (χ1v) is 12.7. The fourth-order valence-electron chi connectivity index (χ4n) is 5.76. The Balaban J connectivity index is 1.45. The Bertz CT molecular complexity index is 741. The van der Waals surface area contributed by atoms with Crippen LogP contribution in [0.25, 0.3) is 0 Å². The Morgan fingerprint density at radius 1 is 1.03 bits per heavy atom. The van der Waals surface area contributed by atoms with E-state index < -0.39 is 0 Å². The summed E-state index contributed by atoms with van der Waals surface area (Å²) in [5.41, 5.74) is 0.610. The number of hydrogen-bond donors (Lipinski definition) is 1. The molecule has 3 fully saturated rings. The lowest BCUT2D eigenvalue weighted by molar-refractivity contribution is 0.0566. The number of carbonyl (C=O) groups excluding carboxylic acids is 1. The van der Waals surface area contributed by atoms with E-state index in [9.17, 15) is 9.90 Å². The molecule has 2 saturated heterocycles. The molecule has 6 heteroatoms. The van der Waals surface area contributed by atoms with Gasteiger partial charge in [0.1, 0.15) is 17.6 Å². The third kappa shape index (κ3) is 5.57. The van der Waals surface area contributed by atoms with Crippen LogP contribution in [0.2, 0.25) is 0 Å². The molecule has 1 aromatic carbocycles. The van der Waals surface area contributed by atoms with E-state index in [2.05, 4.69) is 4.90 Å². The Labute approximate surface area is 192 Å². The van der Waals surface area contributed by atoms with Gasteiger partial charge in [0.25, 0.3) is 5.91 Å². The standard InChI is InChI=1S/C26H40N2O4/c1-31-23-11-12-25(32-22-13-16-27(17-14-22)20-7-2-3-8-20)24(19-23)26(30)28-15-5-4-9-21(28)10-6-18-29/h11-12,19-22,29H,2-10,13-18H2,1H3/t21-/m1/s1. The zero-order valence-electron chi connectivity index (χ0n) is 19.6. The molecule has 1 saturated carbocycles. The largest absolute Gasteiger partial charge is 0.497 e. The second kappa shape index (κ2) is 11.4. The van der Waals surface area contributed by atoms with Gasteiger partial charge in [-0.1, -0.05) is 12.8 Å². The SMILES string of the molecule is COc1ccc(OC2CCN(C3CCCC3)CC2)c(C(=O)N2CCCC[C@@H]2CCCO)c1. The molecule has 178 valence electrons. The van der Waals surface area contributed by atoms with Gasteiger partial charge in [-0.3, -0.25) is 4.79 Å². The van der Waals surface area contributed by atoms with Crippen LogP contribution < -0.4 is 9.47 Å². The van der Waals surface area contributed by atoms with Gasteiger partial charge in [0.15, 0.2) is 0 Å². The van der Waals surface area contributed by atoms with Crippen LogP contribution >= 0.6 is 0 Å². The maximum Gasteiger partial charge on any atom is 0.258 e. The van der Waals surface area contributed by atoms with Gasteiger partial charge in [0, 0.05) is 38.3 Å². The molecular formula is C26H40N2O4. The molecule has 0 unspecified atom stereocenters. The zero-order chi connectivity index (χ0) is 22.3. The van der Waals surface area contributed by atoms with Crippen molar-refractivity contribution < 1.29 is 19.4 Å². The van der Waals surface area contributed by atoms with Crippen LogP contribution in [0.1, 0.15) is 81.0 Å². The summed E-state index contributed by atoms with van der Waals surface area (Å²) in [5.74, 6) is 1.40. The molecule has 0 radical (unpaired) electrons. The van der Waals surface area contributed by atoms with Crippen LogP contribution in [0.4, 0.5) is 0 Å². The van der Waals surface area contributed by atoms with Crippen LogP contribution in [-0.4, -0.2) is 72.4 Å². The number of hydrogen-bond acceptors (Lipinski definition) is 5. The summed E-state index contributed by atoms with van der Waals surface area (Å²) in [6.07, 6.45) is 12.4. The number of methoxy groups -OCH3 is 1. The lowest BCUT2D eigenvalue weighted by atomic mass is 9.96. The highest BCUT2D eigenvalue weighted by molar-refractivity contribution is 5.97. The number of rotatable bonds is 8. The lowest BCUT2D eigenvalue weighted by Gasteiger charge is -2.37. The summed E-state index contributed by atoms with van der Waals surface area (Å²) in [5, 5.41) is 9.28. The Morgan fingerprint density at radius 3 is 2.50 bits per heavy atom. The topological polar surface area (TPSA) is 62.2 Å². The summed E-state index contributed by atoms with van der Waals surface area (Å²) in [4.78, 5) is 18.3. The van der Waals surface area contributed by atoms with E-state index in [1.54, 1.807) is 7.11 Å². The normalized spacial score (nSPS) is 23.4. The van der Waals surface area contributed by atoms with Crippen LogP contribution in [0.3, 0.4) is 0 Å². The number of likely N-dealkylation sites (tertiary alicyclic amines) is 2. The van der Waals surface area contributed by atoms with Crippen molar-refractivity contribution in [3.8, 4) is 11.5 Å². The van der Waals surface area contributed by atoms with Gasteiger partial charge in [-0.15, -0.1) is 0 Å². The number of aliphatic hydroxyl groups is 1. The van der Waals surface area contributed by atoms with Gasteiger partial charge < -0.3 is 24.4 Å². The third-order valence-electron chi connectivity index (χ3n) is 7.61. The molecule has 1 aromatic rings. The summed E-state index contributed by atoms with van der Waals surface area (Å²) in [6.45, 7) is 3.12. The first kappa shape index (κ1) is 23.4.